The maximum absolute atomic E-state index is 12.7. The predicted octanol–water partition coefficient (Wildman–Crippen LogP) is 2.64. The van der Waals surface area contributed by atoms with Gasteiger partial charge in [0.15, 0.2) is 0 Å². The van der Waals surface area contributed by atoms with E-state index in [9.17, 15) is 13.2 Å². The van der Waals surface area contributed by atoms with Gasteiger partial charge in [0.2, 0.25) is 27.6 Å². The van der Waals surface area contributed by atoms with Crippen LogP contribution in [0.25, 0.3) is 11.4 Å². The lowest BCUT2D eigenvalue weighted by Crippen LogP contribution is -2.40. The molecule has 0 radical (unpaired) electrons. The highest BCUT2D eigenvalue weighted by molar-refractivity contribution is 7.89. The summed E-state index contributed by atoms with van der Waals surface area (Å²) < 4.78 is 37.3. The van der Waals surface area contributed by atoms with Gasteiger partial charge >= 0.3 is 0 Å². The first-order valence-corrected chi connectivity index (χ1v) is 11.7. The number of nitrogens with one attached hydrogen (secondary N) is 1. The Morgan fingerprint density at radius 2 is 1.75 bits per heavy atom. The molecule has 0 bridgehead atoms. The number of hydrogen-bond donors (Lipinski definition) is 1. The SMILES string of the molecule is Cc1ccc(NC(=O)CCc2nc(-c3ccc(S(=O)(=O)N4CCOCC4)cc3)no2)cc1. The molecule has 2 heterocycles. The largest absolute Gasteiger partial charge is 0.379 e. The maximum atomic E-state index is 12.7. The lowest BCUT2D eigenvalue weighted by atomic mass is 10.2. The van der Waals surface area contributed by atoms with E-state index in [1.807, 2.05) is 31.2 Å². The highest BCUT2D eigenvalue weighted by Crippen LogP contribution is 2.22. The number of benzene rings is 2. The van der Waals surface area contributed by atoms with Crippen LogP contribution in [0.15, 0.2) is 57.9 Å². The fraction of sp³-hybridized carbons (Fsp3) is 0.318. The van der Waals surface area contributed by atoms with E-state index in [-0.39, 0.29) is 17.2 Å². The van der Waals surface area contributed by atoms with Crippen molar-refractivity contribution >= 4 is 21.6 Å². The number of ether oxygens (including phenoxy) is 1. The van der Waals surface area contributed by atoms with Crippen LogP contribution in [0.1, 0.15) is 17.9 Å². The first kappa shape index (κ1) is 22.1. The van der Waals surface area contributed by atoms with Gasteiger partial charge in [0.25, 0.3) is 0 Å². The van der Waals surface area contributed by atoms with Gasteiger partial charge in [-0.05, 0) is 43.3 Å². The molecule has 168 valence electrons. The number of morpholine rings is 1. The Labute approximate surface area is 186 Å². The monoisotopic (exact) mass is 456 g/mol. The molecule has 0 aliphatic carbocycles. The van der Waals surface area contributed by atoms with Crippen molar-refractivity contribution in [3.05, 3.63) is 60.0 Å². The first-order chi connectivity index (χ1) is 15.4. The van der Waals surface area contributed by atoms with Crippen molar-refractivity contribution in [2.75, 3.05) is 31.6 Å². The van der Waals surface area contributed by atoms with Gasteiger partial charge in [-0.1, -0.05) is 22.9 Å². The third-order valence-electron chi connectivity index (χ3n) is 5.09. The van der Waals surface area contributed by atoms with Crippen LogP contribution in [0.5, 0.6) is 0 Å². The van der Waals surface area contributed by atoms with Gasteiger partial charge in [-0.3, -0.25) is 4.79 Å². The molecule has 1 aliphatic heterocycles. The molecule has 0 unspecified atom stereocenters. The molecule has 1 aromatic heterocycles. The highest BCUT2D eigenvalue weighted by atomic mass is 32.2. The quantitative estimate of drug-likeness (QED) is 0.581. The Morgan fingerprint density at radius 1 is 1.06 bits per heavy atom. The first-order valence-electron chi connectivity index (χ1n) is 10.3. The molecule has 10 heteroatoms. The number of hydrogen-bond acceptors (Lipinski definition) is 7. The van der Waals surface area contributed by atoms with Crippen molar-refractivity contribution in [1.82, 2.24) is 14.4 Å². The topological polar surface area (TPSA) is 115 Å². The maximum Gasteiger partial charge on any atom is 0.243 e. The van der Waals surface area contributed by atoms with Crippen LogP contribution in [0.4, 0.5) is 5.69 Å². The Kier molecular flexibility index (Phi) is 6.63. The van der Waals surface area contributed by atoms with Gasteiger partial charge in [0, 0.05) is 37.2 Å². The minimum Gasteiger partial charge on any atom is -0.379 e. The zero-order chi connectivity index (χ0) is 22.6. The highest BCUT2D eigenvalue weighted by Gasteiger charge is 2.26. The number of nitrogens with zero attached hydrogens (tertiary/aromatic N) is 3. The van der Waals surface area contributed by atoms with Crippen molar-refractivity contribution in [3.8, 4) is 11.4 Å². The summed E-state index contributed by atoms with van der Waals surface area (Å²) >= 11 is 0. The van der Waals surface area contributed by atoms with Gasteiger partial charge in [-0.15, -0.1) is 0 Å². The summed E-state index contributed by atoms with van der Waals surface area (Å²) in [6, 6.07) is 13.9. The van der Waals surface area contributed by atoms with Gasteiger partial charge in [0.1, 0.15) is 0 Å². The number of amides is 1. The number of carbonyl (C=O) groups excluding carboxylic acids is 1. The molecule has 3 aromatic rings. The average Bonchev–Trinajstić information content (AvgIpc) is 3.29. The van der Waals surface area contributed by atoms with Crippen LogP contribution >= 0.6 is 0 Å². The van der Waals surface area contributed by atoms with Gasteiger partial charge < -0.3 is 14.6 Å². The van der Waals surface area contributed by atoms with Gasteiger partial charge in [0.05, 0.1) is 18.1 Å². The standard InChI is InChI=1S/C22H24N4O5S/c1-16-2-6-18(7-3-16)23-20(27)10-11-21-24-22(25-31-21)17-4-8-19(9-5-17)32(28,29)26-12-14-30-15-13-26/h2-9H,10-15H2,1H3,(H,23,27). The van der Waals surface area contributed by atoms with Crippen molar-refractivity contribution in [1.29, 1.82) is 0 Å². The molecule has 1 amide bonds. The van der Waals surface area contributed by atoms with E-state index in [4.69, 9.17) is 9.26 Å². The summed E-state index contributed by atoms with van der Waals surface area (Å²) in [5.74, 6) is 0.532. The lowest BCUT2D eigenvalue weighted by Gasteiger charge is -2.26. The Hall–Kier alpha value is -3.08. The Balaban J connectivity index is 1.35. The molecule has 2 aromatic carbocycles. The molecule has 32 heavy (non-hydrogen) atoms. The fourth-order valence-corrected chi connectivity index (χ4v) is 4.67. The van der Waals surface area contributed by atoms with E-state index in [0.717, 1.165) is 11.3 Å². The summed E-state index contributed by atoms with van der Waals surface area (Å²) in [6.45, 7) is 3.46. The van der Waals surface area contributed by atoms with E-state index in [1.54, 1.807) is 12.1 Å². The van der Waals surface area contributed by atoms with Crippen LogP contribution in [-0.4, -0.2) is 55.1 Å². The molecular formula is C22H24N4O5S. The lowest BCUT2D eigenvalue weighted by molar-refractivity contribution is -0.116. The van der Waals surface area contributed by atoms with E-state index < -0.39 is 10.0 Å². The number of sulfonamides is 1. The van der Waals surface area contributed by atoms with Crippen molar-refractivity contribution < 1.29 is 22.5 Å². The second-order valence-corrected chi connectivity index (χ2v) is 9.40. The zero-order valence-electron chi connectivity index (χ0n) is 17.7. The van der Waals surface area contributed by atoms with Crippen molar-refractivity contribution in [2.45, 2.75) is 24.7 Å². The summed E-state index contributed by atoms with van der Waals surface area (Å²) in [5.41, 5.74) is 2.48. The Bertz CT molecular complexity index is 1170. The number of aryl methyl sites for hydroxylation is 2. The van der Waals surface area contributed by atoms with Gasteiger partial charge in [-0.25, -0.2) is 8.42 Å². The van der Waals surface area contributed by atoms with Crippen molar-refractivity contribution in [2.24, 2.45) is 0 Å². The molecule has 1 saturated heterocycles. The van der Waals surface area contributed by atoms with Crippen molar-refractivity contribution in [3.63, 3.8) is 0 Å². The Morgan fingerprint density at radius 3 is 2.44 bits per heavy atom. The molecule has 1 fully saturated rings. The molecule has 1 N–H and O–H groups in total. The minimum absolute atomic E-state index is 0.147. The molecule has 0 spiro atoms. The molecule has 9 nitrogen and oxygen atoms in total. The third-order valence-corrected chi connectivity index (χ3v) is 7.00. The van der Waals surface area contributed by atoms with Gasteiger partial charge in [-0.2, -0.15) is 9.29 Å². The number of rotatable bonds is 7. The molecular weight excluding hydrogens is 432 g/mol. The fourth-order valence-electron chi connectivity index (χ4n) is 3.27. The molecule has 4 rings (SSSR count). The van der Waals surface area contributed by atoms with Crippen LogP contribution in [0.3, 0.4) is 0 Å². The summed E-state index contributed by atoms with van der Waals surface area (Å²) in [5, 5.41) is 6.77. The van der Waals surface area contributed by atoms with E-state index in [2.05, 4.69) is 15.5 Å². The van der Waals surface area contributed by atoms with Crippen LogP contribution in [0.2, 0.25) is 0 Å². The summed E-state index contributed by atoms with van der Waals surface area (Å²) in [4.78, 5) is 16.7. The smallest absolute Gasteiger partial charge is 0.243 e. The zero-order valence-corrected chi connectivity index (χ0v) is 18.5. The second kappa shape index (κ2) is 9.60. The third kappa shape index (κ3) is 5.21. The van der Waals surface area contributed by atoms with E-state index >= 15 is 0 Å². The number of carbonyl (C=O) groups is 1. The summed E-state index contributed by atoms with van der Waals surface area (Å²) in [7, 11) is -3.56. The molecule has 0 saturated carbocycles. The van der Waals surface area contributed by atoms with E-state index in [0.29, 0.717) is 50.0 Å². The second-order valence-electron chi connectivity index (χ2n) is 7.47. The summed E-state index contributed by atoms with van der Waals surface area (Å²) in [6.07, 6.45) is 0.500. The minimum atomic E-state index is -3.56. The van der Waals surface area contributed by atoms with Crippen LogP contribution in [0, 0.1) is 6.92 Å². The molecule has 0 atom stereocenters. The van der Waals surface area contributed by atoms with E-state index in [1.165, 1.54) is 16.4 Å². The van der Waals surface area contributed by atoms with Crippen LogP contribution in [-0.2, 0) is 26.0 Å². The number of aromatic nitrogens is 2. The average molecular weight is 457 g/mol. The van der Waals surface area contributed by atoms with Crippen LogP contribution < -0.4 is 5.32 Å². The number of anilines is 1. The molecule has 1 aliphatic rings. The predicted molar refractivity (Wildman–Crippen MR) is 117 cm³/mol. The normalized spacial score (nSPS) is 14.9.